The summed E-state index contributed by atoms with van der Waals surface area (Å²) in [6.45, 7) is 4.81. The van der Waals surface area contributed by atoms with Gasteiger partial charge in [0.25, 0.3) is 0 Å². The Morgan fingerprint density at radius 2 is 1.95 bits per heavy atom. The molecule has 106 valence electrons. The summed E-state index contributed by atoms with van der Waals surface area (Å²) in [6.07, 6.45) is 2.46. The number of hydrogen-bond donors (Lipinski definition) is 1. The van der Waals surface area contributed by atoms with E-state index in [1.165, 1.54) is 0 Å². The fourth-order valence-electron chi connectivity index (χ4n) is 2.87. The molecule has 3 unspecified atom stereocenters. The van der Waals surface area contributed by atoms with Crippen LogP contribution in [-0.4, -0.2) is 35.0 Å². The van der Waals surface area contributed by atoms with E-state index < -0.39 is 17.8 Å². The molecule has 0 bridgehead atoms. The van der Waals surface area contributed by atoms with E-state index in [-0.39, 0.29) is 5.91 Å². The van der Waals surface area contributed by atoms with Crippen LogP contribution < -0.4 is 0 Å². The largest absolute Gasteiger partial charge is 0.481 e. The first-order valence-electron chi connectivity index (χ1n) is 6.93. The number of nitrogens with zero attached hydrogens (tertiary/aromatic N) is 2. The summed E-state index contributed by atoms with van der Waals surface area (Å²) >= 11 is 0. The van der Waals surface area contributed by atoms with E-state index in [2.05, 4.69) is 0 Å². The molecule has 0 aliphatic heterocycles. The van der Waals surface area contributed by atoms with Gasteiger partial charge in [-0.25, -0.2) is 0 Å². The minimum absolute atomic E-state index is 0.0962. The van der Waals surface area contributed by atoms with Gasteiger partial charge in [-0.3, -0.25) is 9.59 Å². The molecule has 5 heteroatoms. The Labute approximate surface area is 114 Å². The minimum atomic E-state index is -0.870. The maximum atomic E-state index is 12.4. The van der Waals surface area contributed by atoms with Crippen LogP contribution in [0.15, 0.2) is 0 Å². The molecular formula is C14H22N2O3. The molecule has 1 N–H and O–H groups in total. The maximum absolute atomic E-state index is 12.4. The number of aliphatic carboxylic acids is 1. The topological polar surface area (TPSA) is 81.4 Å². The number of rotatable bonds is 6. The Kier molecular flexibility index (Phi) is 5.81. The molecule has 0 heterocycles. The van der Waals surface area contributed by atoms with Gasteiger partial charge in [0.2, 0.25) is 5.91 Å². The molecule has 19 heavy (non-hydrogen) atoms. The standard InChI is InChI=1S/C14H22N2O3/c1-3-10-8-11(12(9-10)14(18)19)13(17)16(4-2)7-5-6-15/h10-12H,3-5,7-9H2,1-2H3,(H,18,19). The van der Waals surface area contributed by atoms with Crippen molar-refractivity contribution < 1.29 is 14.7 Å². The van der Waals surface area contributed by atoms with Crippen molar-refractivity contribution in [1.82, 2.24) is 4.90 Å². The van der Waals surface area contributed by atoms with Crippen LogP contribution in [0.4, 0.5) is 0 Å². The Morgan fingerprint density at radius 3 is 2.42 bits per heavy atom. The number of carbonyl (C=O) groups is 2. The Balaban J connectivity index is 2.77. The van der Waals surface area contributed by atoms with Crippen molar-refractivity contribution in [2.75, 3.05) is 13.1 Å². The fraction of sp³-hybridized carbons (Fsp3) is 0.786. The van der Waals surface area contributed by atoms with E-state index in [1.54, 1.807) is 4.90 Å². The van der Waals surface area contributed by atoms with Gasteiger partial charge in [-0.1, -0.05) is 13.3 Å². The zero-order valence-electron chi connectivity index (χ0n) is 11.6. The Morgan fingerprint density at radius 1 is 1.32 bits per heavy atom. The molecule has 0 aromatic rings. The van der Waals surface area contributed by atoms with E-state index in [9.17, 15) is 14.7 Å². The van der Waals surface area contributed by atoms with Crippen LogP contribution in [0.5, 0.6) is 0 Å². The average molecular weight is 266 g/mol. The molecule has 0 saturated heterocycles. The van der Waals surface area contributed by atoms with Crippen LogP contribution in [0.3, 0.4) is 0 Å². The third-order valence-electron chi connectivity index (χ3n) is 4.06. The molecule has 1 aliphatic rings. The second kappa shape index (κ2) is 7.13. The number of amides is 1. The summed E-state index contributed by atoms with van der Waals surface area (Å²) in [5.74, 6) is -1.62. The zero-order valence-corrected chi connectivity index (χ0v) is 11.6. The van der Waals surface area contributed by atoms with E-state index in [0.29, 0.717) is 38.3 Å². The van der Waals surface area contributed by atoms with Crippen LogP contribution in [0.25, 0.3) is 0 Å². The lowest BCUT2D eigenvalue weighted by atomic mass is 9.94. The number of carboxylic acids is 1. The molecule has 3 atom stereocenters. The highest BCUT2D eigenvalue weighted by Gasteiger charge is 2.43. The summed E-state index contributed by atoms with van der Waals surface area (Å²) in [5, 5.41) is 17.8. The van der Waals surface area contributed by atoms with Gasteiger partial charge in [-0.15, -0.1) is 0 Å². The normalized spacial score (nSPS) is 25.8. The summed E-state index contributed by atoms with van der Waals surface area (Å²) in [6, 6.07) is 2.02. The van der Waals surface area contributed by atoms with Gasteiger partial charge in [0.05, 0.1) is 24.3 Å². The van der Waals surface area contributed by atoms with Crippen molar-refractivity contribution in [3.63, 3.8) is 0 Å². The smallest absolute Gasteiger partial charge is 0.307 e. The molecule has 0 spiro atoms. The van der Waals surface area contributed by atoms with E-state index in [4.69, 9.17) is 5.26 Å². The first-order chi connectivity index (χ1) is 9.04. The predicted molar refractivity (Wildman–Crippen MR) is 70.1 cm³/mol. The number of carbonyl (C=O) groups excluding carboxylic acids is 1. The summed E-state index contributed by atoms with van der Waals surface area (Å²) in [5.41, 5.74) is 0. The maximum Gasteiger partial charge on any atom is 0.307 e. The van der Waals surface area contributed by atoms with E-state index in [1.807, 2.05) is 19.9 Å². The number of hydrogen-bond acceptors (Lipinski definition) is 3. The lowest BCUT2D eigenvalue weighted by Crippen LogP contribution is -2.39. The predicted octanol–water partition coefficient (Wildman–Crippen LogP) is 1.89. The summed E-state index contributed by atoms with van der Waals surface area (Å²) in [4.78, 5) is 25.3. The molecule has 0 radical (unpaired) electrons. The van der Waals surface area contributed by atoms with Crippen molar-refractivity contribution in [2.24, 2.45) is 17.8 Å². The van der Waals surface area contributed by atoms with Crippen molar-refractivity contribution in [1.29, 1.82) is 5.26 Å². The molecule has 1 fully saturated rings. The number of nitriles is 1. The van der Waals surface area contributed by atoms with Gasteiger partial charge in [0, 0.05) is 13.1 Å². The van der Waals surface area contributed by atoms with Gasteiger partial charge in [0.1, 0.15) is 0 Å². The van der Waals surface area contributed by atoms with Crippen molar-refractivity contribution in [3.8, 4) is 6.07 Å². The lowest BCUT2D eigenvalue weighted by Gasteiger charge is -2.25. The van der Waals surface area contributed by atoms with Gasteiger partial charge < -0.3 is 10.0 Å². The van der Waals surface area contributed by atoms with Crippen LogP contribution in [-0.2, 0) is 9.59 Å². The quantitative estimate of drug-likeness (QED) is 0.796. The van der Waals surface area contributed by atoms with E-state index in [0.717, 1.165) is 6.42 Å². The number of carboxylic acid groups (broad SMARTS) is 1. The zero-order chi connectivity index (χ0) is 14.4. The molecule has 1 rings (SSSR count). The van der Waals surface area contributed by atoms with Gasteiger partial charge in [-0.05, 0) is 25.7 Å². The third kappa shape index (κ3) is 3.69. The van der Waals surface area contributed by atoms with E-state index >= 15 is 0 Å². The average Bonchev–Trinajstić information content (AvgIpc) is 2.83. The fourth-order valence-corrected chi connectivity index (χ4v) is 2.87. The molecule has 1 amide bonds. The molecule has 0 aromatic carbocycles. The van der Waals surface area contributed by atoms with Crippen LogP contribution in [0.1, 0.15) is 39.5 Å². The Hall–Kier alpha value is -1.57. The lowest BCUT2D eigenvalue weighted by molar-refractivity contribution is -0.149. The SMILES string of the molecule is CCC1CC(C(=O)O)C(C(=O)N(CC)CCC#N)C1. The highest BCUT2D eigenvalue weighted by molar-refractivity contribution is 5.85. The van der Waals surface area contributed by atoms with Crippen molar-refractivity contribution in [3.05, 3.63) is 0 Å². The summed E-state index contributed by atoms with van der Waals surface area (Å²) < 4.78 is 0. The summed E-state index contributed by atoms with van der Waals surface area (Å²) in [7, 11) is 0. The molecule has 1 saturated carbocycles. The molecular weight excluding hydrogens is 244 g/mol. The monoisotopic (exact) mass is 266 g/mol. The first-order valence-corrected chi connectivity index (χ1v) is 6.93. The Bertz CT molecular complexity index is 375. The molecule has 1 aliphatic carbocycles. The minimum Gasteiger partial charge on any atom is -0.481 e. The molecule has 0 aromatic heterocycles. The highest BCUT2D eigenvalue weighted by Crippen LogP contribution is 2.39. The third-order valence-corrected chi connectivity index (χ3v) is 4.06. The van der Waals surface area contributed by atoms with Gasteiger partial charge in [-0.2, -0.15) is 5.26 Å². The molecule has 5 nitrogen and oxygen atoms in total. The second-order valence-corrected chi connectivity index (χ2v) is 5.12. The van der Waals surface area contributed by atoms with Gasteiger partial charge >= 0.3 is 5.97 Å². The second-order valence-electron chi connectivity index (χ2n) is 5.12. The van der Waals surface area contributed by atoms with Crippen LogP contribution >= 0.6 is 0 Å². The first kappa shape index (κ1) is 15.5. The highest BCUT2D eigenvalue weighted by atomic mass is 16.4. The van der Waals surface area contributed by atoms with Crippen LogP contribution in [0.2, 0.25) is 0 Å². The van der Waals surface area contributed by atoms with Crippen molar-refractivity contribution >= 4 is 11.9 Å². The van der Waals surface area contributed by atoms with Gasteiger partial charge in [0.15, 0.2) is 0 Å². The van der Waals surface area contributed by atoms with Crippen LogP contribution in [0, 0.1) is 29.1 Å². The van der Waals surface area contributed by atoms with Crippen molar-refractivity contribution in [2.45, 2.75) is 39.5 Å².